The topological polar surface area (TPSA) is 97.7 Å². The van der Waals surface area contributed by atoms with Crippen LogP contribution < -0.4 is 5.73 Å². The molecule has 8 nitrogen and oxygen atoms in total. The number of nitrogens with zero attached hydrogens (tertiary/aromatic N) is 4. The van der Waals surface area contributed by atoms with E-state index in [9.17, 15) is 4.79 Å². The first-order chi connectivity index (χ1) is 13.1. The van der Waals surface area contributed by atoms with Gasteiger partial charge in [-0.3, -0.25) is 9.69 Å². The molecule has 2 saturated carbocycles. The largest absolute Gasteiger partial charge is 0.374 e. The second-order valence-electron chi connectivity index (χ2n) is 8.32. The van der Waals surface area contributed by atoms with Crippen molar-refractivity contribution in [2.24, 2.45) is 23.5 Å². The zero-order valence-corrected chi connectivity index (χ0v) is 18.8. The summed E-state index contributed by atoms with van der Waals surface area (Å²) in [6.45, 7) is 5.80. The molecular weight excluding hydrogens is 417 g/mol. The van der Waals surface area contributed by atoms with Gasteiger partial charge in [-0.2, -0.15) is 4.98 Å². The van der Waals surface area contributed by atoms with Gasteiger partial charge in [0.15, 0.2) is 5.82 Å². The molecular formula is C19H33Cl2N5O3. The van der Waals surface area contributed by atoms with Gasteiger partial charge in [-0.15, -0.1) is 24.8 Å². The van der Waals surface area contributed by atoms with Crippen molar-refractivity contribution in [3.8, 4) is 0 Å². The molecule has 0 spiro atoms. The van der Waals surface area contributed by atoms with Crippen molar-refractivity contribution in [2.75, 3.05) is 33.3 Å². The van der Waals surface area contributed by atoms with Gasteiger partial charge >= 0.3 is 0 Å². The smallest absolute Gasteiger partial charge is 0.240 e. The summed E-state index contributed by atoms with van der Waals surface area (Å²) in [7, 11) is 1.63. The summed E-state index contributed by atoms with van der Waals surface area (Å²) in [5.74, 6) is 2.58. The van der Waals surface area contributed by atoms with Gasteiger partial charge in [0.1, 0.15) is 6.10 Å². The molecule has 166 valence electrons. The SMILES string of the molecule is COC(C)c1noc(CN2CCCN(C(=O)C3C4CCC(C4)C3N)CC2)n1.Cl.Cl. The Morgan fingerprint density at radius 3 is 2.69 bits per heavy atom. The number of aromatic nitrogens is 2. The monoisotopic (exact) mass is 449 g/mol. The van der Waals surface area contributed by atoms with Crippen LogP contribution in [0.25, 0.3) is 0 Å². The van der Waals surface area contributed by atoms with E-state index in [1.54, 1.807) is 7.11 Å². The highest BCUT2D eigenvalue weighted by atomic mass is 35.5. The summed E-state index contributed by atoms with van der Waals surface area (Å²) in [5.41, 5.74) is 6.38. The average Bonchev–Trinajstić information content (AvgIpc) is 3.35. The second-order valence-corrected chi connectivity index (χ2v) is 8.32. The van der Waals surface area contributed by atoms with E-state index in [4.69, 9.17) is 15.0 Å². The number of methoxy groups -OCH3 is 1. The third-order valence-corrected chi connectivity index (χ3v) is 6.73. The van der Waals surface area contributed by atoms with Crippen LogP contribution in [0.15, 0.2) is 4.52 Å². The van der Waals surface area contributed by atoms with Crippen LogP contribution in [-0.4, -0.2) is 65.2 Å². The number of amides is 1. The van der Waals surface area contributed by atoms with E-state index in [-0.39, 0.29) is 48.8 Å². The molecule has 3 fully saturated rings. The molecule has 10 heteroatoms. The number of hydrogen-bond donors (Lipinski definition) is 1. The minimum absolute atomic E-state index is 0. The quantitative estimate of drug-likeness (QED) is 0.733. The van der Waals surface area contributed by atoms with Gasteiger partial charge in [0, 0.05) is 39.3 Å². The first-order valence-corrected chi connectivity index (χ1v) is 10.2. The Kier molecular flexibility index (Phi) is 8.72. The molecule has 1 saturated heterocycles. The fourth-order valence-corrected chi connectivity index (χ4v) is 5.06. The highest BCUT2D eigenvalue weighted by Gasteiger charge is 2.50. The Morgan fingerprint density at radius 2 is 2.00 bits per heavy atom. The molecule has 2 heterocycles. The molecule has 0 radical (unpaired) electrons. The molecule has 1 aliphatic heterocycles. The number of rotatable bonds is 5. The van der Waals surface area contributed by atoms with E-state index in [2.05, 4.69) is 15.0 Å². The number of hydrogen-bond acceptors (Lipinski definition) is 7. The minimum Gasteiger partial charge on any atom is -0.374 e. The number of carbonyl (C=O) groups excluding carboxylic acids is 1. The normalized spacial score (nSPS) is 30.4. The van der Waals surface area contributed by atoms with Crippen molar-refractivity contribution in [1.29, 1.82) is 0 Å². The number of carbonyl (C=O) groups is 1. The van der Waals surface area contributed by atoms with Gasteiger partial charge in [0.2, 0.25) is 11.8 Å². The molecule has 1 amide bonds. The average molecular weight is 450 g/mol. The first kappa shape index (κ1) is 24.3. The highest BCUT2D eigenvalue weighted by Crippen LogP contribution is 2.48. The molecule has 2 bridgehead atoms. The van der Waals surface area contributed by atoms with Crippen molar-refractivity contribution < 1.29 is 14.1 Å². The molecule has 5 atom stereocenters. The van der Waals surface area contributed by atoms with E-state index in [1.165, 1.54) is 12.8 Å². The Labute approximate surface area is 184 Å². The highest BCUT2D eigenvalue weighted by molar-refractivity contribution is 5.85. The first-order valence-electron chi connectivity index (χ1n) is 10.2. The minimum atomic E-state index is -0.175. The third-order valence-electron chi connectivity index (χ3n) is 6.73. The summed E-state index contributed by atoms with van der Waals surface area (Å²) in [6.07, 6.45) is 4.31. The maximum Gasteiger partial charge on any atom is 0.240 e. The molecule has 0 aromatic carbocycles. The number of nitrogens with two attached hydrogens (primary N) is 1. The lowest BCUT2D eigenvalue weighted by molar-refractivity contribution is -0.137. The van der Waals surface area contributed by atoms with Crippen molar-refractivity contribution in [3.63, 3.8) is 0 Å². The fraction of sp³-hybridized carbons (Fsp3) is 0.842. The summed E-state index contributed by atoms with van der Waals surface area (Å²) in [4.78, 5) is 21.8. The van der Waals surface area contributed by atoms with E-state index >= 15 is 0 Å². The van der Waals surface area contributed by atoms with Gasteiger partial charge in [-0.05, 0) is 44.4 Å². The van der Waals surface area contributed by atoms with Crippen LogP contribution in [0.1, 0.15) is 50.4 Å². The van der Waals surface area contributed by atoms with Gasteiger partial charge < -0.3 is 19.9 Å². The number of halogens is 2. The van der Waals surface area contributed by atoms with Crippen LogP contribution in [0.5, 0.6) is 0 Å². The summed E-state index contributed by atoms with van der Waals surface area (Å²) in [5, 5.41) is 3.99. The van der Waals surface area contributed by atoms with Crippen LogP contribution >= 0.6 is 24.8 Å². The molecule has 29 heavy (non-hydrogen) atoms. The van der Waals surface area contributed by atoms with Crippen LogP contribution in [-0.2, 0) is 16.1 Å². The van der Waals surface area contributed by atoms with Crippen LogP contribution in [0.4, 0.5) is 0 Å². The number of ether oxygens (including phenoxy) is 1. The Balaban J connectivity index is 0.00000150. The van der Waals surface area contributed by atoms with E-state index in [0.29, 0.717) is 30.1 Å². The molecule has 3 aliphatic rings. The van der Waals surface area contributed by atoms with Crippen LogP contribution in [0.2, 0.25) is 0 Å². The zero-order valence-electron chi connectivity index (χ0n) is 17.2. The zero-order chi connectivity index (χ0) is 19.0. The van der Waals surface area contributed by atoms with Gasteiger partial charge in [0.05, 0.1) is 12.5 Å². The predicted octanol–water partition coefficient (Wildman–Crippen LogP) is 2.03. The molecule has 1 aromatic heterocycles. The summed E-state index contributed by atoms with van der Waals surface area (Å²) in [6, 6.07) is 0.0650. The Morgan fingerprint density at radius 1 is 1.24 bits per heavy atom. The van der Waals surface area contributed by atoms with Crippen molar-refractivity contribution in [3.05, 3.63) is 11.7 Å². The third kappa shape index (κ3) is 5.05. The van der Waals surface area contributed by atoms with E-state index in [1.807, 2.05) is 11.8 Å². The van der Waals surface area contributed by atoms with Gasteiger partial charge in [0.25, 0.3) is 0 Å². The maximum absolute atomic E-state index is 13.1. The molecule has 2 N–H and O–H groups in total. The van der Waals surface area contributed by atoms with Crippen molar-refractivity contribution >= 4 is 30.7 Å². The molecule has 5 unspecified atom stereocenters. The van der Waals surface area contributed by atoms with E-state index in [0.717, 1.165) is 39.0 Å². The standard InChI is InChI=1S/C19H31N5O3.2ClH/c1-12(26-2)18-21-15(27-22-18)11-23-6-3-7-24(9-8-23)19(25)16-13-4-5-14(10-13)17(16)20;;/h12-14,16-17H,3-11,20H2,1-2H3;2*1H. The lowest BCUT2D eigenvalue weighted by atomic mass is 9.84. The van der Waals surface area contributed by atoms with Crippen molar-refractivity contribution in [1.82, 2.24) is 19.9 Å². The summed E-state index contributed by atoms with van der Waals surface area (Å²) >= 11 is 0. The molecule has 2 aliphatic carbocycles. The van der Waals surface area contributed by atoms with E-state index < -0.39 is 0 Å². The summed E-state index contributed by atoms with van der Waals surface area (Å²) < 4.78 is 10.6. The Bertz CT molecular complexity index is 674. The van der Waals surface area contributed by atoms with Crippen molar-refractivity contribution in [2.45, 2.75) is 51.3 Å². The molecule has 4 rings (SSSR count). The Hall–Kier alpha value is -0.930. The second kappa shape index (κ2) is 10.4. The lowest BCUT2D eigenvalue weighted by Crippen LogP contribution is -2.48. The van der Waals surface area contributed by atoms with Crippen LogP contribution in [0, 0.1) is 17.8 Å². The van der Waals surface area contributed by atoms with Crippen LogP contribution in [0.3, 0.4) is 0 Å². The fourth-order valence-electron chi connectivity index (χ4n) is 5.06. The van der Waals surface area contributed by atoms with Gasteiger partial charge in [-0.1, -0.05) is 5.16 Å². The maximum atomic E-state index is 13.1. The predicted molar refractivity (Wildman–Crippen MR) is 113 cm³/mol. The lowest BCUT2D eigenvalue weighted by Gasteiger charge is -2.32. The number of fused-ring (bicyclic) bond motifs is 2. The van der Waals surface area contributed by atoms with Gasteiger partial charge in [-0.25, -0.2) is 0 Å². The molecule has 1 aromatic rings.